The van der Waals surface area contributed by atoms with Crippen molar-refractivity contribution in [3.63, 3.8) is 0 Å². The molecule has 2 unspecified atom stereocenters. The number of nitrogens with two attached hydrogens (primary N) is 1. The minimum Gasteiger partial charge on any atom is -0.497 e. The van der Waals surface area contributed by atoms with Gasteiger partial charge in [0.2, 0.25) is 0 Å². The van der Waals surface area contributed by atoms with Crippen LogP contribution in [0.3, 0.4) is 0 Å². The van der Waals surface area contributed by atoms with Gasteiger partial charge in [-0.3, -0.25) is 0 Å². The zero-order chi connectivity index (χ0) is 14.5. The summed E-state index contributed by atoms with van der Waals surface area (Å²) in [5.41, 5.74) is 6.96. The van der Waals surface area contributed by atoms with Crippen LogP contribution in [-0.4, -0.2) is 13.2 Å². The van der Waals surface area contributed by atoms with E-state index in [1.165, 1.54) is 6.07 Å². The average Bonchev–Trinajstić information content (AvgIpc) is 2.45. The molecular weight excluding hydrogens is 273 g/mol. The van der Waals surface area contributed by atoms with E-state index in [0.29, 0.717) is 0 Å². The van der Waals surface area contributed by atoms with Crippen molar-refractivity contribution in [2.75, 3.05) is 7.11 Å². The van der Waals surface area contributed by atoms with Crippen molar-refractivity contribution < 1.29 is 9.13 Å². The van der Waals surface area contributed by atoms with Gasteiger partial charge in [-0.2, -0.15) is 0 Å². The molecule has 0 spiro atoms. The second kappa shape index (κ2) is 6.77. The zero-order valence-corrected chi connectivity index (χ0v) is 12.4. The van der Waals surface area contributed by atoms with Gasteiger partial charge in [-0.05, 0) is 48.9 Å². The summed E-state index contributed by atoms with van der Waals surface area (Å²) < 4.78 is 18.5. The Hall–Kier alpha value is -1.52. The summed E-state index contributed by atoms with van der Waals surface area (Å²) in [4.78, 5) is 1.08. The molecule has 2 aromatic rings. The van der Waals surface area contributed by atoms with E-state index in [-0.39, 0.29) is 17.1 Å². The number of hydrogen-bond acceptors (Lipinski definition) is 3. The minimum atomic E-state index is -0.233. The first kappa shape index (κ1) is 14.9. The highest BCUT2D eigenvalue weighted by Crippen LogP contribution is 2.37. The van der Waals surface area contributed by atoms with Gasteiger partial charge in [-0.15, -0.1) is 11.8 Å². The standard InChI is InChI=1S/C16H18FNOS/c1-11(18)16(12-4-3-5-13(17)10-12)20-15-8-6-14(19-2)7-9-15/h3-11,16H,18H2,1-2H3. The molecule has 0 aliphatic heterocycles. The summed E-state index contributed by atoms with van der Waals surface area (Å²) >= 11 is 1.63. The van der Waals surface area contributed by atoms with E-state index in [1.807, 2.05) is 37.3 Å². The minimum absolute atomic E-state index is 0.0131. The molecule has 2 nitrogen and oxygen atoms in total. The molecule has 0 saturated carbocycles. The monoisotopic (exact) mass is 291 g/mol. The summed E-state index contributed by atoms with van der Waals surface area (Å²) in [7, 11) is 1.64. The van der Waals surface area contributed by atoms with Gasteiger partial charge in [-0.25, -0.2) is 4.39 Å². The number of methoxy groups -OCH3 is 1. The number of halogens is 1. The van der Waals surface area contributed by atoms with Crippen LogP contribution in [0.5, 0.6) is 5.75 Å². The second-order valence-corrected chi connectivity index (χ2v) is 5.84. The highest BCUT2D eigenvalue weighted by atomic mass is 32.2. The zero-order valence-electron chi connectivity index (χ0n) is 11.5. The molecule has 0 aliphatic rings. The van der Waals surface area contributed by atoms with Gasteiger partial charge >= 0.3 is 0 Å². The number of ether oxygens (including phenoxy) is 1. The van der Waals surface area contributed by atoms with Crippen LogP contribution < -0.4 is 10.5 Å². The molecule has 0 radical (unpaired) electrons. The number of hydrogen-bond donors (Lipinski definition) is 1. The van der Waals surface area contributed by atoms with Crippen LogP contribution in [0.2, 0.25) is 0 Å². The summed E-state index contributed by atoms with van der Waals surface area (Å²) in [6.45, 7) is 1.94. The Kier molecular flexibility index (Phi) is 5.04. The lowest BCUT2D eigenvalue weighted by Crippen LogP contribution is -2.22. The molecule has 0 aliphatic carbocycles. The fourth-order valence-corrected chi connectivity index (χ4v) is 3.05. The second-order valence-electron chi connectivity index (χ2n) is 4.63. The van der Waals surface area contributed by atoms with E-state index in [9.17, 15) is 4.39 Å². The lowest BCUT2D eigenvalue weighted by molar-refractivity contribution is 0.414. The Balaban J connectivity index is 2.21. The van der Waals surface area contributed by atoms with Crippen LogP contribution in [0.1, 0.15) is 17.7 Å². The molecule has 0 aromatic heterocycles. The fraction of sp³-hybridized carbons (Fsp3) is 0.250. The lowest BCUT2D eigenvalue weighted by atomic mass is 10.1. The van der Waals surface area contributed by atoms with Crippen molar-refractivity contribution in [1.29, 1.82) is 0 Å². The molecule has 2 rings (SSSR count). The Bertz CT molecular complexity index is 557. The predicted molar refractivity (Wildman–Crippen MR) is 81.6 cm³/mol. The van der Waals surface area contributed by atoms with Crippen molar-refractivity contribution in [2.45, 2.75) is 23.1 Å². The van der Waals surface area contributed by atoms with Gasteiger partial charge in [-0.1, -0.05) is 12.1 Å². The maximum absolute atomic E-state index is 13.4. The lowest BCUT2D eigenvalue weighted by Gasteiger charge is -2.21. The first-order chi connectivity index (χ1) is 9.60. The van der Waals surface area contributed by atoms with E-state index >= 15 is 0 Å². The van der Waals surface area contributed by atoms with Crippen molar-refractivity contribution >= 4 is 11.8 Å². The Morgan fingerprint density at radius 3 is 2.40 bits per heavy atom. The highest BCUT2D eigenvalue weighted by Gasteiger charge is 2.18. The molecule has 106 valence electrons. The van der Waals surface area contributed by atoms with Gasteiger partial charge in [0.1, 0.15) is 11.6 Å². The van der Waals surface area contributed by atoms with Crippen LogP contribution >= 0.6 is 11.8 Å². The Labute approximate surface area is 123 Å². The number of thioether (sulfide) groups is 1. The maximum atomic E-state index is 13.4. The third kappa shape index (κ3) is 3.74. The van der Waals surface area contributed by atoms with Crippen LogP contribution in [-0.2, 0) is 0 Å². The van der Waals surface area contributed by atoms with Crippen molar-refractivity contribution in [2.24, 2.45) is 5.73 Å². The van der Waals surface area contributed by atoms with E-state index in [1.54, 1.807) is 31.0 Å². The van der Waals surface area contributed by atoms with E-state index in [4.69, 9.17) is 10.5 Å². The van der Waals surface area contributed by atoms with Gasteiger partial charge in [0.05, 0.1) is 7.11 Å². The summed E-state index contributed by atoms with van der Waals surface area (Å²) in [6.07, 6.45) is 0. The SMILES string of the molecule is COc1ccc(SC(c2cccc(F)c2)C(C)N)cc1. The van der Waals surface area contributed by atoms with E-state index in [0.717, 1.165) is 16.2 Å². The molecule has 0 amide bonds. The average molecular weight is 291 g/mol. The predicted octanol–water partition coefficient (Wildman–Crippen LogP) is 4.01. The molecule has 2 atom stereocenters. The largest absolute Gasteiger partial charge is 0.497 e. The van der Waals surface area contributed by atoms with Crippen LogP contribution in [0.15, 0.2) is 53.4 Å². The molecule has 20 heavy (non-hydrogen) atoms. The summed E-state index contributed by atoms with van der Waals surface area (Å²) in [5, 5.41) is 0.0131. The van der Waals surface area contributed by atoms with Gasteiger partial charge in [0.15, 0.2) is 0 Å². The fourth-order valence-electron chi connectivity index (χ4n) is 1.96. The number of benzene rings is 2. The van der Waals surface area contributed by atoms with Crippen molar-refractivity contribution in [3.8, 4) is 5.75 Å². The van der Waals surface area contributed by atoms with Crippen molar-refractivity contribution in [3.05, 3.63) is 59.9 Å². The van der Waals surface area contributed by atoms with E-state index in [2.05, 4.69) is 0 Å². The molecule has 0 saturated heterocycles. The topological polar surface area (TPSA) is 35.2 Å². The third-order valence-electron chi connectivity index (χ3n) is 2.98. The smallest absolute Gasteiger partial charge is 0.123 e. The molecule has 4 heteroatoms. The van der Waals surface area contributed by atoms with E-state index < -0.39 is 0 Å². The summed E-state index contributed by atoms with van der Waals surface area (Å²) in [6, 6.07) is 14.3. The quantitative estimate of drug-likeness (QED) is 0.845. The Morgan fingerprint density at radius 1 is 1.15 bits per heavy atom. The number of rotatable bonds is 5. The third-order valence-corrected chi connectivity index (χ3v) is 4.48. The molecule has 0 heterocycles. The molecule has 0 bridgehead atoms. The molecule has 2 aromatic carbocycles. The van der Waals surface area contributed by atoms with Crippen LogP contribution in [0.4, 0.5) is 4.39 Å². The first-order valence-corrected chi connectivity index (χ1v) is 7.30. The summed E-state index contributed by atoms with van der Waals surface area (Å²) in [5.74, 6) is 0.584. The van der Waals surface area contributed by atoms with Gasteiger partial charge in [0.25, 0.3) is 0 Å². The van der Waals surface area contributed by atoms with Crippen molar-refractivity contribution in [1.82, 2.24) is 0 Å². The van der Waals surface area contributed by atoms with Crippen LogP contribution in [0, 0.1) is 5.82 Å². The maximum Gasteiger partial charge on any atom is 0.123 e. The molecular formula is C16H18FNOS. The van der Waals surface area contributed by atoms with Gasteiger partial charge < -0.3 is 10.5 Å². The molecule has 2 N–H and O–H groups in total. The van der Waals surface area contributed by atoms with Crippen LogP contribution in [0.25, 0.3) is 0 Å². The Morgan fingerprint density at radius 2 is 1.85 bits per heavy atom. The molecule has 0 fully saturated rings. The highest BCUT2D eigenvalue weighted by molar-refractivity contribution is 7.99. The first-order valence-electron chi connectivity index (χ1n) is 6.42. The normalized spacial score (nSPS) is 13.8. The van der Waals surface area contributed by atoms with Gasteiger partial charge in [0, 0.05) is 16.2 Å².